The second kappa shape index (κ2) is 5.64. The molecule has 1 aliphatic rings. The molecule has 2 rings (SSSR count). The molecule has 1 aromatic rings. The number of hydrogen-bond acceptors (Lipinski definition) is 3. The molecule has 1 fully saturated rings. The van der Waals surface area contributed by atoms with Gasteiger partial charge in [-0.2, -0.15) is 4.31 Å². The number of aryl methyl sites for hydroxylation is 1. The maximum atomic E-state index is 12.7. The molecule has 6 heteroatoms. The SMILES string of the molecule is CC(C)N(CC1CCCN1)S(=O)(=O)c1ccn(C)c1. The highest BCUT2D eigenvalue weighted by atomic mass is 32.2. The van der Waals surface area contributed by atoms with Crippen molar-refractivity contribution in [1.82, 2.24) is 14.2 Å². The van der Waals surface area contributed by atoms with E-state index in [1.807, 2.05) is 20.9 Å². The highest BCUT2D eigenvalue weighted by Crippen LogP contribution is 2.20. The summed E-state index contributed by atoms with van der Waals surface area (Å²) in [6.45, 7) is 5.39. The molecular weight excluding hydrogens is 262 g/mol. The maximum absolute atomic E-state index is 12.7. The highest BCUT2D eigenvalue weighted by molar-refractivity contribution is 7.89. The fourth-order valence-corrected chi connectivity index (χ4v) is 4.22. The van der Waals surface area contributed by atoms with Crippen LogP contribution in [0.25, 0.3) is 0 Å². The minimum atomic E-state index is -3.39. The topological polar surface area (TPSA) is 54.3 Å². The van der Waals surface area contributed by atoms with Gasteiger partial charge in [0.2, 0.25) is 10.0 Å². The monoisotopic (exact) mass is 285 g/mol. The van der Waals surface area contributed by atoms with Gasteiger partial charge < -0.3 is 9.88 Å². The molecule has 0 bridgehead atoms. The van der Waals surface area contributed by atoms with E-state index in [4.69, 9.17) is 0 Å². The molecule has 1 atom stereocenters. The Bertz CT molecular complexity index is 516. The predicted molar refractivity (Wildman–Crippen MR) is 75.5 cm³/mol. The number of hydrogen-bond donors (Lipinski definition) is 1. The lowest BCUT2D eigenvalue weighted by Gasteiger charge is -2.28. The summed E-state index contributed by atoms with van der Waals surface area (Å²) in [6, 6.07) is 1.90. The summed E-state index contributed by atoms with van der Waals surface area (Å²) in [6.07, 6.45) is 5.60. The minimum absolute atomic E-state index is 0.0346. The van der Waals surface area contributed by atoms with Gasteiger partial charge in [-0.05, 0) is 39.3 Å². The third-order valence-corrected chi connectivity index (χ3v) is 5.58. The molecule has 1 unspecified atom stereocenters. The fraction of sp³-hybridized carbons (Fsp3) is 0.692. The molecule has 0 saturated carbocycles. The average Bonchev–Trinajstić information content (AvgIpc) is 2.96. The van der Waals surface area contributed by atoms with Gasteiger partial charge in [0, 0.05) is 38.1 Å². The van der Waals surface area contributed by atoms with Crippen molar-refractivity contribution in [2.75, 3.05) is 13.1 Å². The van der Waals surface area contributed by atoms with Crippen LogP contribution < -0.4 is 5.32 Å². The second-order valence-electron chi connectivity index (χ2n) is 5.47. The molecule has 2 heterocycles. The van der Waals surface area contributed by atoms with Gasteiger partial charge in [-0.15, -0.1) is 0 Å². The van der Waals surface area contributed by atoms with Crippen molar-refractivity contribution >= 4 is 10.0 Å². The summed E-state index contributed by atoms with van der Waals surface area (Å²) >= 11 is 0. The summed E-state index contributed by atoms with van der Waals surface area (Å²) in [5.41, 5.74) is 0. The average molecular weight is 285 g/mol. The van der Waals surface area contributed by atoms with Crippen molar-refractivity contribution in [3.63, 3.8) is 0 Å². The van der Waals surface area contributed by atoms with Crippen LogP contribution in [0, 0.1) is 0 Å². The molecule has 1 aliphatic heterocycles. The van der Waals surface area contributed by atoms with Crippen LogP contribution in [-0.2, 0) is 17.1 Å². The summed E-state index contributed by atoms with van der Waals surface area (Å²) in [4.78, 5) is 0.377. The highest BCUT2D eigenvalue weighted by Gasteiger charge is 2.30. The van der Waals surface area contributed by atoms with Crippen LogP contribution in [-0.4, -0.2) is 42.5 Å². The van der Waals surface area contributed by atoms with E-state index in [-0.39, 0.29) is 12.1 Å². The third-order valence-electron chi connectivity index (χ3n) is 3.55. The normalized spacial score (nSPS) is 20.6. The van der Waals surface area contributed by atoms with Gasteiger partial charge in [0.05, 0.1) is 4.90 Å². The van der Waals surface area contributed by atoms with Crippen molar-refractivity contribution in [3.05, 3.63) is 18.5 Å². The van der Waals surface area contributed by atoms with Gasteiger partial charge in [-0.25, -0.2) is 8.42 Å². The summed E-state index contributed by atoms with van der Waals surface area (Å²) in [5, 5.41) is 3.36. The smallest absolute Gasteiger partial charge is 0.244 e. The second-order valence-corrected chi connectivity index (χ2v) is 7.36. The van der Waals surface area contributed by atoms with E-state index in [9.17, 15) is 8.42 Å². The molecule has 0 aromatic carbocycles. The van der Waals surface area contributed by atoms with E-state index < -0.39 is 10.0 Å². The molecule has 0 spiro atoms. The molecule has 1 saturated heterocycles. The maximum Gasteiger partial charge on any atom is 0.244 e. The standard InChI is InChI=1S/C13H23N3O2S/c1-11(2)16(9-12-5-4-7-14-12)19(17,18)13-6-8-15(3)10-13/h6,8,10-12,14H,4-5,7,9H2,1-3H3. The van der Waals surface area contributed by atoms with Gasteiger partial charge in [0.15, 0.2) is 0 Å². The van der Waals surface area contributed by atoms with E-state index in [2.05, 4.69) is 5.32 Å². The first-order chi connectivity index (χ1) is 8.91. The summed E-state index contributed by atoms with van der Waals surface area (Å²) in [5.74, 6) is 0. The molecule has 19 heavy (non-hydrogen) atoms. The first kappa shape index (κ1) is 14.6. The van der Waals surface area contributed by atoms with Gasteiger partial charge >= 0.3 is 0 Å². The van der Waals surface area contributed by atoms with E-state index in [0.29, 0.717) is 11.4 Å². The molecule has 1 N–H and O–H groups in total. The Morgan fingerprint density at radius 3 is 2.74 bits per heavy atom. The lowest BCUT2D eigenvalue weighted by atomic mass is 10.2. The van der Waals surface area contributed by atoms with Gasteiger partial charge in [0.1, 0.15) is 0 Å². The minimum Gasteiger partial charge on any atom is -0.356 e. The Labute approximate surface area is 115 Å². The Kier molecular flexibility index (Phi) is 4.32. The van der Waals surface area contributed by atoms with Crippen LogP contribution >= 0.6 is 0 Å². The van der Waals surface area contributed by atoms with Gasteiger partial charge in [0.25, 0.3) is 0 Å². The lowest BCUT2D eigenvalue weighted by molar-refractivity contribution is 0.322. The Balaban J connectivity index is 2.22. The number of nitrogens with zero attached hydrogens (tertiary/aromatic N) is 2. The quantitative estimate of drug-likeness (QED) is 0.884. The van der Waals surface area contributed by atoms with Crippen LogP contribution in [0.15, 0.2) is 23.4 Å². The Morgan fingerprint density at radius 1 is 1.53 bits per heavy atom. The van der Waals surface area contributed by atoms with E-state index >= 15 is 0 Å². The van der Waals surface area contributed by atoms with Crippen molar-refractivity contribution in [1.29, 1.82) is 0 Å². The molecule has 0 aliphatic carbocycles. The number of nitrogens with one attached hydrogen (secondary N) is 1. The van der Waals surface area contributed by atoms with E-state index in [1.54, 1.807) is 27.3 Å². The van der Waals surface area contributed by atoms with Crippen molar-refractivity contribution in [2.45, 2.75) is 43.7 Å². The number of rotatable bonds is 5. The van der Waals surface area contributed by atoms with Crippen LogP contribution in [0.1, 0.15) is 26.7 Å². The molecule has 0 radical (unpaired) electrons. The zero-order valence-electron chi connectivity index (χ0n) is 11.8. The van der Waals surface area contributed by atoms with Crippen molar-refractivity contribution in [2.24, 2.45) is 7.05 Å². The summed E-state index contributed by atoms with van der Waals surface area (Å²) in [7, 11) is -1.56. The number of aromatic nitrogens is 1. The van der Waals surface area contributed by atoms with E-state index in [0.717, 1.165) is 19.4 Å². The van der Waals surface area contributed by atoms with Crippen LogP contribution in [0.4, 0.5) is 0 Å². The molecular formula is C13H23N3O2S. The van der Waals surface area contributed by atoms with Crippen LogP contribution in [0.3, 0.4) is 0 Å². The molecule has 1 aromatic heterocycles. The summed E-state index contributed by atoms with van der Waals surface area (Å²) < 4.78 is 28.7. The molecule has 108 valence electrons. The van der Waals surface area contributed by atoms with Crippen LogP contribution in [0.5, 0.6) is 0 Å². The zero-order chi connectivity index (χ0) is 14.0. The predicted octanol–water partition coefficient (Wildman–Crippen LogP) is 1.18. The molecule has 5 nitrogen and oxygen atoms in total. The lowest BCUT2D eigenvalue weighted by Crippen LogP contribution is -2.44. The van der Waals surface area contributed by atoms with Gasteiger partial charge in [-0.3, -0.25) is 0 Å². The fourth-order valence-electron chi connectivity index (χ4n) is 2.48. The first-order valence-electron chi connectivity index (χ1n) is 6.78. The zero-order valence-corrected chi connectivity index (χ0v) is 12.7. The molecule has 0 amide bonds. The Morgan fingerprint density at radius 2 is 2.26 bits per heavy atom. The van der Waals surface area contributed by atoms with Gasteiger partial charge in [-0.1, -0.05) is 0 Å². The first-order valence-corrected chi connectivity index (χ1v) is 8.22. The number of sulfonamides is 1. The van der Waals surface area contributed by atoms with Crippen molar-refractivity contribution in [3.8, 4) is 0 Å². The Hall–Kier alpha value is -0.850. The largest absolute Gasteiger partial charge is 0.356 e. The van der Waals surface area contributed by atoms with Crippen LogP contribution in [0.2, 0.25) is 0 Å². The van der Waals surface area contributed by atoms with Crippen molar-refractivity contribution < 1.29 is 8.42 Å². The third kappa shape index (κ3) is 3.19. The van der Waals surface area contributed by atoms with E-state index in [1.165, 1.54) is 0 Å².